The molecule has 1 aromatic rings. The van der Waals surface area contributed by atoms with E-state index in [1.54, 1.807) is 24.3 Å². The summed E-state index contributed by atoms with van der Waals surface area (Å²) in [5.74, 6) is 0.158. The monoisotopic (exact) mass is 220 g/mol. The zero-order chi connectivity index (χ0) is 12.1. The van der Waals surface area contributed by atoms with E-state index in [2.05, 4.69) is 13.2 Å². The van der Waals surface area contributed by atoms with Gasteiger partial charge in [-0.05, 0) is 36.6 Å². The molecule has 0 saturated heterocycles. The number of phenolic OH excluding ortho intramolecular Hbond substituents is 1. The van der Waals surface area contributed by atoms with Crippen LogP contribution in [0.1, 0.15) is 24.5 Å². The lowest BCUT2D eigenvalue weighted by Gasteiger charge is -2.12. The number of aromatic hydroxyl groups is 1. The van der Waals surface area contributed by atoms with Gasteiger partial charge in [0.05, 0.1) is 0 Å². The summed E-state index contributed by atoms with van der Waals surface area (Å²) in [7, 11) is 0. The number of rotatable bonds is 5. The fourth-order valence-electron chi connectivity index (χ4n) is 1.67. The molecule has 0 amide bonds. The number of halogens is 1. The van der Waals surface area contributed by atoms with Gasteiger partial charge in [-0.25, -0.2) is 4.39 Å². The quantitative estimate of drug-likeness (QED) is 0.746. The molecule has 0 unspecified atom stereocenters. The Bertz CT molecular complexity index is 396. The molecule has 0 fully saturated rings. The Labute approximate surface area is 95.9 Å². The number of benzene rings is 1. The SMILES string of the molecule is C=CC[C@@H](F)Cc1cc(O)ccc1C(=C)C. The fourth-order valence-corrected chi connectivity index (χ4v) is 1.67. The first kappa shape index (κ1) is 12.5. The largest absolute Gasteiger partial charge is 0.508 e. The van der Waals surface area contributed by atoms with Crippen LogP contribution in [0.5, 0.6) is 5.75 Å². The molecule has 0 radical (unpaired) electrons. The van der Waals surface area contributed by atoms with Crippen molar-refractivity contribution in [1.29, 1.82) is 0 Å². The van der Waals surface area contributed by atoms with Gasteiger partial charge in [-0.2, -0.15) is 0 Å². The minimum atomic E-state index is -0.961. The van der Waals surface area contributed by atoms with Gasteiger partial charge in [-0.3, -0.25) is 0 Å². The van der Waals surface area contributed by atoms with Crippen molar-refractivity contribution >= 4 is 5.57 Å². The third-order valence-electron chi connectivity index (χ3n) is 2.41. The Morgan fingerprint density at radius 2 is 2.25 bits per heavy atom. The predicted octanol–water partition coefficient (Wildman–Crippen LogP) is 3.88. The van der Waals surface area contributed by atoms with Crippen LogP contribution < -0.4 is 0 Å². The summed E-state index contributed by atoms with van der Waals surface area (Å²) in [6.45, 7) is 9.23. The van der Waals surface area contributed by atoms with Gasteiger partial charge in [0, 0.05) is 6.42 Å². The van der Waals surface area contributed by atoms with Crippen molar-refractivity contribution in [2.45, 2.75) is 25.9 Å². The smallest absolute Gasteiger partial charge is 0.115 e. The minimum absolute atomic E-state index is 0.158. The number of phenols is 1. The molecule has 0 aliphatic carbocycles. The summed E-state index contributed by atoms with van der Waals surface area (Å²) < 4.78 is 13.5. The molecule has 2 heteroatoms. The second-order valence-corrected chi connectivity index (χ2v) is 3.95. The summed E-state index contributed by atoms with van der Waals surface area (Å²) >= 11 is 0. The molecule has 0 saturated carbocycles. The van der Waals surface area contributed by atoms with Crippen molar-refractivity contribution in [2.24, 2.45) is 0 Å². The number of alkyl halides is 1. The average Bonchev–Trinajstić information content (AvgIpc) is 2.17. The highest BCUT2D eigenvalue weighted by Gasteiger charge is 2.10. The fraction of sp³-hybridized carbons (Fsp3) is 0.286. The molecule has 1 N–H and O–H groups in total. The van der Waals surface area contributed by atoms with E-state index in [4.69, 9.17) is 0 Å². The van der Waals surface area contributed by atoms with Crippen molar-refractivity contribution in [3.8, 4) is 5.75 Å². The Kier molecular flexibility index (Phi) is 4.29. The topological polar surface area (TPSA) is 20.2 Å². The van der Waals surface area contributed by atoms with Crippen LogP contribution in [0.15, 0.2) is 37.4 Å². The third-order valence-corrected chi connectivity index (χ3v) is 2.41. The van der Waals surface area contributed by atoms with Crippen molar-refractivity contribution in [1.82, 2.24) is 0 Å². The minimum Gasteiger partial charge on any atom is -0.508 e. The zero-order valence-electron chi connectivity index (χ0n) is 9.54. The summed E-state index contributed by atoms with van der Waals surface area (Å²) in [5.41, 5.74) is 2.58. The summed E-state index contributed by atoms with van der Waals surface area (Å²) in [5, 5.41) is 9.39. The highest BCUT2D eigenvalue weighted by molar-refractivity contribution is 5.65. The van der Waals surface area contributed by atoms with Crippen LogP contribution in [0, 0.1) is 0 Å². The lowest BCUT2D eigenvalue weighted by atomic mass is 9.96. The van der Waals surface area contributed by atoms with Gasteiger partial charge in [0.2, 0.25) is 0 Å². The maximum absolute atomic E-state index is 13.5. The maximum atomic E-state index is 13.5. The van der Waals surface area contributed by atoms with Crippen molar-refractivity contribution in [3.63, 3.8) is 0 Å². The molecule has 1 atom stereocenters. The molecule has 86 valence electrons. The Balaban J connectivity index is 2.96. The molecule has 0 aliphatic rings. The van der Waals surface area contributed by atoms with Crippen LogP contribution in [0.3, 0.4) is 0 Å². The van der Waals surface area contributed by atoms with Crippen LogP contribution in [-0.4, -0.2) is 11.3 Å². The van der Waals surface area contributed by atoms with E-state index >= 15 is 0 Å². The van der Waals surface area contributed by atoms with Gasteiger partial charge in [-0.15, -0.1) is 6.58 Å². The third kappa shape index (κ3) is 3.23. The number of hydrogen-bond acceptors (Lipinski definition) is 1. The van der Waals surface area contributed by atoms with Gasteiger partial charge < -0.3 is 5.11 Å². The van der Waals surface area contributed by atoms with Gasteiger partial charge in [0.1, 0.15) is 11.9 Å². The Morgan fingerprint density at radius 3 is 2.81 bits per heavy atom. The molecule has 0 heterocycles. The summed E-state index contributed by atoms with van der Waals surface area (Å²) in [4.78, 5) is 0. The van der Waals surface area contributed by atoms with Gasteiger partial charge >= 0.3 is 0 Å². The molecule has 1 rings (SSSR count). The van der Waals surface area contributed by atoms with E-state index in [-0.39, 0.29) is 12.2 Å². The maximum Gasteiger partial charge on any atom is 0.115 e. The van der Waals surface area contributed by atoms with Crippen LogP contribution in [-0.2, 0) is 6.42 Å². The second-order valence-electron chi connectivity index (χ2n) is 3.95. The first-order valence-electron chi connectivity index (χ1n) is 5.27. The van der Waals surface area contributed by atoms with Crippen LogP contribution in [0.25, 0.3) is 5.57 Å². The molecule has 0 spiro atoms. The lowest BCUT2D eigenvalue weighted by molar-refractivity contribution is 0.334. The number of allylic oxidation sites excluding steroid dienone is 2. The highest BCUT2D eigenvalue weighted by Crippen LogP contribution is 2.24. The summed E-state index contributed by atoms with van der Waals surface area (Å²) in [6, 6.07) is 4.96. The second kappa shape index (κ2) is 5.50. The molecule has 0 aliphatic heterocycles. The molecule has 0 aromatic heterocycles. The van der Waals surface area contributed by atoms with Gasteiger partial charge in [0.25, 0.3) is 0 Å². The lowest BCUT2D eigenvalue weighted by Crippen LogP contribution is -2.05. The highest BCUT2D eigenvalue weighted by atomic mass is 19.1. The zero-order valence-corrected chi connectivity index (χ0v) is 9.54. The number of hydrogen-bond donors (Lipinski definition) is 1. The van der Waals surface area contributed by atoms with Crippen molar-refractivity contribution < 1.29 is 9.50 Å². The van der Waals surface area contributed by atoms with E-state index in [1.165, 1.54) is 0 Å². The van der Waals surface area contributed by atoms with E-state index in [9.17, 15) is 9.50 Å². The van der Waals surface area contributed by atoms with E-state index in [0.29, 0.717) is 6.42 Å². The molecule has 0 bridgehead atoms. The van der Waals surface area contributed by atoms with E-state index < -0.39 is 6.17 Å². The predicted molar refractivity (Wildman–Crippen MR) is 66.2 cm³/mol. The van der Waals surface area contributed by atoms with Crippen LogP contribution >= 0.6 is 0 Å². The van der Waals surface area contributed by atoms with Gasteiger partial charge in [-0.1, -0.05) is 24.3 Å². The molecule has 16 heavy (non-hydrogen) atoms. The molecular weight excluding hydrogens is 203 g/mol. The normalized spacial score (nSPS) is 12.1. The Hall–Kier alpha value is -1.57. The first-order chi connectivity index (χ1) is 7.54. The van der Waals surface area contributed by atoms with E-state index in [1.807, 2.05) is 6.92 Å². The van der Waals surface area contributed by atoms with Crippen LogP contribution in [0.2, 0.25) is 0 Å². The summed E-state index contributed by atoms with van der Waals surface area (Å²) in [6.07, 6.45) is 1.21. The Morgan fingerprint density at radius 1 is 1.56 bits per heavy atom. The van der Waals surface area contributed by atoms with Crippen molar-refractivity contribution in [3.05, 3.63) is 48.6 Å². The van der Waals surface area contributed by atoms with E-state index in [0.717, 1.165) is 16.7 Å². The standard InChI is InChI=1S/C14H17FO/c1-4-5-12(15)8-11-9-13(16)6-7-14(11)10(2)3/h4,6-7,9,12,16H,1-2,5,8H2,3H3/t12-/m1/s1. The first-order valence-corrected chi connectivity index (χ1v) is 5.27. The molecule has 1 aromatic carbocycles. The molecule has 1 nitrogen and oxygen atoms in total. The molecular formula is C14H17FO. The van der Waals surface area contributed by atoms with Crippen LogP contribution in [0.4, 0.5) is 4.39 Å². The average molecular weight is 220 g/mol. The van der Waals surface area contributed by atoms with Crippen molar-refractivity contribution in [2.75, 3.05) is 0 Å². The van der Waals surface area contributed by atoms with Gasteiger partial charge in [0.15, 0.2) is 0 Å².